The molecule has 5 nitrogen and oxygen atoms in total. The van der Waals surface area contributed by atoms with Crippen molar-refractivity contribution in [2.24, 2.45) is 4.99 Å². The molecule has 3 rings (SSSR count). The number of pyridine rings is 1. The number of amides is 1. The Bertz CT molecular complexity index is 928. The van der Waals surface area contributed by atoms with E-state index in [4.69, 9.17) is 0 Å². The second kappa shape index (κ2) is 6.58. The summed E-state index contributed by atoms with van der Waals surface area (Å²) in [5, 5.41) is 1.90. The van der Waals surface area contributed by atoms with Gasteiger partial charge >= 0.3 is 0 Å². The van der Waals surface area contributed by atoms with E-state index in [-0.39, 0.29) is 11.5 Å². The van der Waals surface area contributed by atoms with Gasteiger partial charge in [0.25, 0.3) is 5.91 Å². The molecule has 0 unspecified atom stereocenters. The van der Waals surface area contributed by atoms with Crippen LogP contribution in [0.4, 0.5) is 0 Å². The molecule has 2 aromatic heterocycles. The average molecular weight is 325 g/mol. The molecule has 0 saturated heterocycles. The lowest BCUT2D eigenvalue weighted by molar-refractivity contribution is 0.0997. The van der Waals surface area contributed by atoms with Crippen molar-refractivity contribution in [1.82, 2.24) is 9.55 Å². The highest BCUT2D eigenvalue weighted by molar-refractivity contribution is 7.07. The lowest BCUT2D eigenvalue weighted by atomic mass is 10.1. The molecule has 1 aromatic carbocycles. The monoisotopic (exact) mass is 325 g/mol. The minimum absolute atomic E-state index is 0.243. The maximum Gasteiger partial charge on any atom is 0.281 e. The number of aryl methyl sites for hydroxylation is 1. The van der Waals surface area contributed by atoms with Gasteiger partial charge in [0.15, 0.2) is 4.80 Å². The van der Waals surface area contributed by atoms with Crippen molar-refractivity contribution >= 4 is 17.2 Å². The summed E-state index contributed by atoms with van der Waals surface area (Å²) in [5.74, 6) is -0.374. The normalized spacial score (nSPS) is 11.6. The molecule has 1 amide bonds. The summed E-state index contributed by atoms with van der Waals surface area (Å²) in [4.78, 5) is 30.5. The third-order valence-corrected chi connectivity index (χ3v) is 4.16. The molecule has 0 aliphatic rings. The largest absolute Gasteiger partial charge is 0.328 e. The molecule has 0 aliphatic heterocycles. The van der Waals surface area contributed by atoms with E-state index in [1.165, 1.54) is 35.2 Å². The maximum absolute atomic E-state index is 12.2. The summed E-state index contributed by atoms with van der Waals surface area (Å²) in [6.45, 7) is 2.70. The number of nitrogens with one attached hydrogen (secondary N) is 1. The Morgan fingerprint density at radius 2 is 2.00 bits per heavy atom. The van der Waals surface area contributed by atoms with Crippen LogP contribution in [0.5, 0.6) is 0 Å². The van der Waals surface area contributed by atoms with Gasteiger partial charge in [0.05, 0.1) is 5.56 Å². The van der Waals surface area contributed by atoms with E-state index >= 15 is 0 Å². The zero-order valence-corrected chi connectivity index (χ0v) is 13.3. The minimum atomic E-state index is -0.374. The van der Waals surface area contributed by atoms with Gasteiger partial charge in [0.2, 0.25) is 5.56 Å². The second-order valence-corrected chi connectivity index (χ2v) is 6.03. The fraction of sp³-hybridized carbons (Fsp3) is 0.118. The third-order valence-electron chi connectivity index (χ3n) is 3.36. The molecule has 1 N–H and O–H groups in total. The van der Waals surface area contributed by atoms with E-state index in [1.807, 2.05) is 23.1 Å². The van der Waals surface area contributed by atoms with Gasteiger partial charge in [-0.1, -0.05) is 29.8 Å². The number of carbonyl (C=O) groups is 1. The summed E-state index contributed by atoms with van der Waals surface area (Å²) < 4.78 is 1.93. The van der Waals surface area contributed by atoms with Gasteiger partial charge in [0.1, 0.15) is 0 Å². The molecule has 0 fully saturated rings. The number of benzene rings is 1. The van der Waals surface area contributed by atoms with Gasteiger partial charge < -0.3 is 9.55 Å². The zero-order chi connectivity index (χ0) is 16.2. The molecule has 3 aromatic rings. The molecule has 0 aliphatic carbocycles. The van der Waals surface area contributed by atoms with Gasteiger partial charge in [0, 0.05) is 30.4 Å². The number of aromatic nitrogens is 2. The summed E-state index contributed by atoms with van der Waals surface area (Å²) >= 11 is 1.40. The van der Waals surface area contributed by atoms with Crippen molar-refractivity contribution in [1.29, 1.82) is 0 Å². The number of hydrogen-bond acceptors (Lipinski definition) is 3. The van der Waals surface area contributed by atoms with Crippen LogP contribution >= 0.6 is 11.3 Å². The molecule has 0 atom stereocenters. The first-order chi connectivity index (χ1) is 11.1. The van der Waals surface area contributed by atoms with E-state index < -0.39 is 0 Å². The van der Waals surface area contributed by atoms with Gasteiger partial charge in [-0.2, -0.15) is 4.99 Å². The Balaban J connectivity index is 1.87. The molecule has 2 heterocycles. The lowest BCUT2D eigenvalue weighted by Gasteiger charge is -2.03. The quantitative estimate of drug-likeness (QED) is 0.803. The summed E-state index contributed by atoms with van der Waals surface area (Å²) in [6.07, 6.45) is 3.29. The van der Waals surface area contributed by atoms with Crippen LogP contribution in [0.3, 0.4) is 0 Å². The van der Waals surface area contributed by atoms with Gasteiger partial charge in [-0.3, -0.25) is 9.59 Å². The highest BCUT2D eigenvalue weighted by atomic mass is 32.1. The van der Waals surface area contributed by atoms with Crippen molar-refractivity contribution in [3.05, 3.63) is 86.0 Å². The predicted octanol–water partition coefficient (Wildman–Crippen LogP) is 2.34. The highest BCUT2D eigenvalue weighted by Crippen LogP contribution is 2.05. The Labute approximate surface area is 136 Å². The molecular formula is C17H15N3O2S. The summed E-state index contributed by atoms with van der Waals surface area (Å²) in [7, 11) is 0. The summed E-state index contributed by atoms with van der Waals surface area (Å²) in [5.41, 5.74) is 2.47. The number of H-pyrrole nitrogens is 1. The van der Waals surface area contributed by atoms with Crippen LogP contribution in [0.15, 0.2) is 64.0 Å². The molecule has 0 radical (unpaired) electrons. The fourth-order valence-electron chi connectivity index (χ4n) is 2.09. The first kappa shape index (κ1) is 15.2. The number of aromatic amines is 1. The van der Waals surface area contributed by atoms with Crippen LogP contribution in [0, 0.1) is 6.92 Å². The number of rotatable bonds is 3. The standard InChI is InChI=1S/C17H15N3O2S/c1-12-2-4-13(5-3-12)11-20-8-9-23-17(20)19-16(22)14-6-7-15(21)18-10-14/h2-10H,11H2,1H3,(H,18,21). The van der Waals surface area contributed by atoms with E-state index in [1.54, 1.807) is 0 Å². The molecule has 0 spiro atoms. The van der Waals surface area contributed by atoms with E-state index in [0.717, 1.165) is 5.56 Å². The van der Waals surface area contributed by atoms with Gasteiger partial charge in [-0.25, -0.2) is 0 Å². The van der Waals surface area contributed by atoms with Gasteiger partial charge in [-0.15, -0.1) is 11.3 Å². The van der Waals surface area contributed by atoms with Crippen molar-refractivity contribution in [3.8, 4) is 0 Å². The number of thiazole rings is 1. The summed E-state index contributed by atoms with van der Waals surface area (Å²) in [6, 6.07) is 11.0. The third kappa shape index (κ3) is 3.73. The Kier molecular flexibility index (Phi) is 4.34. The zero-order valence-electron chi connectivity index (χ0n) is 12.5. The van der Waals surface area contributed by atoms with Crippen LogP contribution in [0.2, 0.25) is 0 Å². The Morgan fingerprint density at radius 1 is 1.22 bits per heavy atom. The first-order valence-corrected chi connectivity index (χ1v) is 7.97. The van der Waals surface area contributed by atoms with E-state index in [0.29, 0.717) is 16.9 Å². The number of nitrogens with zero attached hydrogens (tertiary/aromatic N) is 2. The second-order valence-electron chi connectivity index (χ2n) is 5.16. The van der Waals surface area contributed by atoms with Crippen LogP contribution in [0.1, 0.15) is 21.5 Å². The smallest absolute Gasteiger partial charge is 0.281 e. The van der Waals surface area contributed by atoms with Crippen molar-refractivity contribution in [2.45, 2.75) is 13.5 Å². The first-order valence-electron chi connectivity index (χ1n) is 7.09. The fourth-order valence-corrected chi connectivity index (χ4v) is 2.82. The van der Waals surface area contributed by atoms with E-state index in [9.17, 15) is 9.59 Å². The SMILES string of the molecule is Cc1ccc(Cn2ccsc2=NC(=O)c2ccc(=O)[nH]c2)cc1. The predicted molar refractivity (Wildman–Crippen MR) is 89.5 cm³/mol. The van der Waals surface area contributed by atoms with Crippen LogP contribution in [-0.2, 0) is 6.54 Å². The Morgan fingerprint density at radius 3 is 2.70 bits per heavy atom. The molecule has 6 heteroatoms. The Hall–Kier alpha value is -2.73. The average Bonchev–Trinajstić information content (AvgIpc) is 2.97. The topological polar surface area (TPSA) is 67.2 Å². The molecule has 116 valence electrons. The van der Waals surface area contributed by atoms with Crippen molar-refractivity contribution in [3.63, 3.8) is 0 Å². The number of hydrogen-bond donors (Lipinski definition) is 1. The van der Waals surface area contributed by atoms with E-state index in [2.05, 4.69) is 34.2 Å². The molecule has 0 bridgehead atoms. The lowest BCUT2D eigenvalue weighted by Crippen LogP contribution is -2.17. The molecule has 23 heavy (non-hydrogen) atoms. The van der Waals surface area contributed by atoms with Gasteiger partial charge in [-0.05, 0) is 18.6 Å². The maximum atomic E-state index is 12.2. The molecular weight excluding hydrogens is 310 g/mol. The van der Waals surface area contributed by atoms with Crippen molar-refractivity contribution in [2.75, 3.05) is 0 Å². The number of carbonyl (C=O) groups excluding carboxylic acids is 1. The highest BCUT2D eigenvalue weighted by Gasteiger charge is 2.05. The van der Waals surface area contributed by atoms with Crippen molar-refractivity contribution < 1.29 is 4.79 Å². The van der Waals surface area contributed by atoms with Crippen LogP contribution in [0.25, 0.3) is 0 Å². The van der Waals surface area contributed by atoms with Crippen LogP contribution in [-0.4, -0.2) is 15.5 Å². The molecule has 0 saturated carbocycles. The minimum Gasteiger partial charge on any atom is -0.328 e. The van der Waals surface area contributed by atoms with Crippen LogP contribution < -0.4 is 10.4 Å².